The zero-order valence-electron chi connectivity index (χ0n) is 17.5. The molecular weight excluding hydrogens is 400 g/mol. The highest BCUT2D eigenvalue weighted by atomic mass is 16.6. The highest BCUT2D eigenvalue weighted by molar-refractivity contribution is 5.87. The number of rotatable bonds is 8. The van der Waals surface area contributed by atoms with Gasteiger partial charge in [-0.25, -0.2) is 19.2 Å². The summed E-state index contributed by atoms with van der Waals surface area (Å²) in [4.78, 5) is 40.3. The Labute approximate surface area is 176 Å². The Morgan fingerprint density at radius 3 is 1.73 bits per heavy atom. The van der Waals surface area contributed by atoms with Crippen LogP contribution in [0.4, 0.5) is 0 Å². The molecule has 0 amide bonds. The number of hydrogen-bond acceptors (Lipinski definition) is 9. The summed E-state index contributed by atoms with van der Waals surface area (Å²) in [6.07, 6.45) is 2.03. The molecule has 30 heavy (non-hydrogen) atoms. The van der Waals surface area contributed by atoms with E-state index in [9.17, 15) is 19.2 Å². The predicted molar refractivity (Wildman–Crippen MR) is 108 cm³/mol. The third-order valence-corrected chi connectivity index (χ3v) is 2.36. The number of carbonyl (C=O) groups is 4. The third kappa shape index (κ3) is 27.0. The molecule has 1 atom stereocenters. The van der Waals surface area contributed by atoms with Crippen LogP contribution in [0, 0.1) is 0 Å². The van der Waals surface area contributed by atoms with Crippen molar-refractivity contribution in [3.05, 3.63) is 49.6 Å². The molecule has 1 fully saturated rings. The second-order valence-corrected chi connectivity index (χ2v) is 5.24. The molecule has 0 spiro atoms. The van der Waals surface area contributed by atoms with Crippen molar-refractivity contribution in [1.82, 2.24) is 0 Å². The maximum absolute atomic E-state index is 10.7. The Morgan fingerprint density at radius 1 is 1.03 bits per heavy atom. The third-order valence-electron chi connectivity index (χ3n) is 2.36. The Hall–Kier alpha value is -3.24. The van der Waals surface area contributed by atoms with E-state index in [1.807, 2.05) is 0 Å². The van der Waals surface area contributed by atoms with Gasteiger partial charge in [-0.3, -0.25) is 0 Å². The molecule has 10 nitrogen and oxygen atoms in total. The Morgan fingerprint density at radius 2 is 1.50 bits per heavy atom. The van der Waals surface area contributed by atoms with Gasteiger partial charge in [0.05, 0.1) is 20.3 Å². The summed E-state index contributed by atoms with van der Waals surface area (Å²) < 4.78 is 18.2. The fraction of sp³-hybridized carbons (Fsp3) is 0.400. The van der Waals surface area contributed by atoms with Crippen molar-refractivity contribution in [1.29, 1.82) is 0 Å². The van der Waals surface area contributed by atoms with Crippen molar-refractivity contribution in [2.24, 2.45) is 0 Å². The molecule has 0 saturated carbocycles. The molecule has 1 saturated heterocycles. The first kappa shape index (κ1) is 31.5. The average molecular weight is 430 g/mol. The maximum Gasteiger partial charge on any atom is 0.333 e. The lowest BCUT2D eigenvalue weighted by Crippen LogP contribution is -2.09. The molecule has 1 unspecified atom stereocenters. The van der Waals surface area contributed by atoms with Crippen LogP contribution >= 0.6 is 0 Å². The van der Waals surface area contributed by atoms with Gasteiger partial charge in [-0.15, -0.1) is 0 Å². The fourth-order valence-corrected chi connectivity index (χ4v) is 0.835. The van der Waals surface area contributed by atoms with Crippen molar-refractivity contribution >= 4 is 23.9 Å². The molecule has 0 bridgehead atoms. The molecule has 1 aliphatic heterocycles. The van der Waals surface area contributed by atoms with Crippen molar-refractivity contribution in [2.75, 3.05) is 33.5 Å². The number of epoxide rings is 1. The van der Waals surface area contributed by atoms with Crippen LogP contribution in [0.25, 0.3) is 0 Å². The van der Waals surface area contributed by atoms with E-state index in [2.05, 4.69) is 35.8 Å². The van der Waals surface area contributed by atoms with Crippen LogP contribution in [0.5, 0.6) is 0 Å². The highest BCUT2D eigenvalue weighted by Gasteiger charge is 2.24. The number of aliphatic hydroxyl groups excluding tert-OH is 1. The number of esters is 3. The van der Waals surface area contributed by atoms with Gasteiger partial charge >= 0.3 is 23.9 Å². The summed E-state index contributed by atoms with van der Waals surface area (Å²) in [5.41, 5.74) is 0.864. The van der Waals surface area contributed by atoms with Gasteiger partial charge in [0, 0.05) is 23.3 Å². The zero-order chi connectivity index (χ0) is 24.1. The Bertz CT molecular complexity index is 603. The molecule has 1 heterocycles. The van der Waals surface area contributed by atoms with Crippen molar-refractivity contribution < 1.29 is 48.3 Å². The number of ether oxygens (including phenoxy) is 4. The van der Waals surface area contributed by atoms with Gasteiger partial charge in [-0.2, -0.15) is 0 Å². The lowest BCUT2D eigenvalue weighted by molar-refractivity contribution is -0.140. The Balaban J connectivity index is -0.000000335. The highest BCUT2D eigenvalue weighted by Crippen LogP contribution is 2.09. The molecule has 1 rings (SSSR count). The van der Waals surface area contributed by atoms with Gasteiger partial charge in [0.15, 0.2) is 0 Å². The Kier molecular flexibility index (Phi) is 21.5. The number of aliphatic carboxylic acids is 1. The van der Waals surface area contributed by atoms with E-state index in [1.54, 1.807) is 13.8 Å². The molecule has 2 N–H and O–H groups in total. The number of carbonyl (C=O) groups excluding carboxylic acids is 3. The number of aliphatic hydroxyl groups is 1. The smallest absolute Gasteiger partial charge is 0.333 e. The quantitative estimate of drug-likeness (QED) is 0.249. The fourth-order valence-electron chi connectivity index (χ4n) is 0.835. The summed E-state index contributed by atoms with van der Waals surface area (Å²) in [6.45, 7) is 17.1. The van der Waals surface area contributed by atoms with Crippen LogP contribution in [0.3, 0.4) is 0 Å². The van der Waals surface area contributed by atoms with Gasteiger partial charge in [-0.05, 0) is 13.8 Å². The minimum atomic E-state index is -0.981. The van der Waals surface area contributed by atoms with Crippen LogP contribution in [0.2, 0.25) is 0 Å². The largest absolute Gasteiger partial charge is 0.478 e. The van der Waals surface area contributed by atoms with E-state index in [0.29, 0.717) is 24.4 Å². The SMILES string of the molecule is C=C(C)C(=O)OC.C=C(C)C(=O)OCC1CO1.C=CC(=O)O.C=CC(=O)OCCO. The molecule has 0 aromatic rings. The van der Waals surface area contributed by atoms with Gasteiger partial charge in [0.1, 0.15) is 19.3 Å². The van der Waals surface area contributed by atoms with Crippen LogP contribution in [-0.4, -0.2) is 73.7 Å². The number of carboxylic acid groups (broad SMARTS) is 1. The van der Waals surface area contributed by atoms with E-state index in [4.69, 9.17) is 19.7 Å². The summed E-state index contributed by atoms with van der Waals surface area (Å²) in [6, 6.07) is 0. The van der Waals surface area contributed by atoms with Crippen LogP contribution in [0.15, 0.2) is 49.6 Å². The minimum Gasteiger partial charge on any atom is -0.478 e. The summed E-state index contributed by atoms with van der Waals surface area (Å²) >= 11 is 0. The second kappa shape index (κ2) is 20.5. The molecule has 0 aromatic carbocycles. The minimum absolute atomic E-state index is 0.0465. The molecule has 170 valence electrons. The van der Waals surface area contributed by atoms with Crippen molar-refractivity contribution in [3.8, 4) is 0 Å². The maximum atomic E-state index is 10.7. The summed E-state index contributed by atoms with van der Waals surface area (Å²) in [5, 5.41) is 15.7. The predicted octanol–water partition coefficient (Wildman–Crippen LogP) is 1.20. The second-order valence-electron chi connectivity index (χ2n) is 5.24. The van der Waals surface area contributed by atoms with Crippen molar-refractivity contribution in [2.45, 2.75) is 20.0 Å². The van der Waals surface area contributed by atoms with E-state index < -0.39 is 11.9 Å². The van der Waals surface area contributed by atoms with Crippen molar-refractivity contribution in [3.63, 3.8) is 0 Å². The van der Waals surface area contributed by atoms with E-state index in [0.717, 1.165) is 12.2 Å². The van der Waals surface area contributed by atoms with Crippen LogP contribution < -0.4 is 0 Å². The first-order valence-corrected chi connectivity index (χ1v) is 8.40. The topological polar surface area (TPSA) is 149 Å². The van der Waals surface area contributed by atoms with Crippen LogP contribution in [-0.2, 0) is 38.1 Å². The number of carboxylic acids is 1. The molecule has 0 aromatic heterocycles. The van der Waals surface area contributed by atoms with Gasteiger partial charge in [-0.1, -0.05) is 26.3 Å². The van der Waals surface area contributed by atoms with E-state index in [1.165, 1.54) is 7.11 Å². The molecule has 0 radical (unpaired) electrons. The van der Waals surface area contributed by atoms with E-state index in [-0.39, 0.29) is 31.3 Å². The lowest BCUT2D eigenvalue weighted by Gasteiger charge is -1.99. The standard InChI is InChI=1S/C7H10O3.C5H8O3.C5H8O2.C3H4O2/c1-5(2)7(8)10-4-6-3-9-6;1-2-5(7)8-4-3-6;1-4(2)5(6)7-3;1-2-3(4)5/h6H,1,3-4H2,2H3;2,6H,1,3-4H2;1H2,2-3H3;2H,1H2,(H,4,5). The lowest BCUT2D eigenvalue weighted by atomic mass is 10.4. The first-order chi connectivity index (χ1) is 14.0. The molecule has 10 heteroatoms. The average Bonchev–Trinajstić information content (AvgIpc) is 3.55. The van der Waals surface area contributed by atoms with Crippen LogP contribution in [0.1, 0.15) is 13.8 Å². The number of methoxy groups -OCH3 is 1. The monoisotopic (exact) mass is 430 g/mol. The molecular formula is C20H30O10. The molecule has 0 aliphatic carbocycles. The van der Waals surface area contributed by atoms with Gasteiger partial charge < -0.3 is 29.2 Å². The van der Waals surface area contributed by atoms with Gasteiger partial charge in [0.2, 0.25) is 0 Å². The summed E-state index contributed by atoms with van der Waals surface area (Å²) in [5.74, 6) is -2.17. The van der Waals surface area contributed by atoms with E-state index >= 15 is 0 Å². The zero-order valence-corrected chi connectivity index (χ0v) is 17.5. The summed E-state index contributed by atoms with van der Waals surface area (Å²) in [7, 11) is 1.33. The van der Waals surface area contributed by atoms with Gasteiger partial charge in [0.25, 0.3) is 0 Å². The molecule has 1 aliphatic rings. The normalized spacial score (nSPS) is 12.3. The first-order valence-electron chi connectivity index (χ1n) is 8.40. The number of hydrogen-bond donors (Lipinski definition) is 2.